The molecule has 0 bridgehead atoms. The first-order chi connectivity index (χ1) is 62.0. The van der Waals surface area contributed by atoms with E-state index in [0.717, 1.165) is 104 Å². The topological polar surface area (TPSA) is 234 Å². The van der Waals surface area contributed by atoms with E-state index >= 15 is 0 Å². The minimum Gasteiger partial charge on any atom is -0.493 e. The minimum atomic E-state index is -0.992. The molecule has 706 valence electrons. The third-order valence-electron chi connectivity index (χ3n) is 35.5. The molecule has 2 aromatic rings. The molecule has 13 fully saturated rings. The zero-order valence-electron chi connectivity index (χ0n) is 80.3. The van der Waals surface area contributed by atoms with Gasteiger partial charge in [0.15, 0.2) is 5.60 Å². The maximum Gasteiger partial charge on any atom is 0.333 e. The van der Waals surface area contributed by atoms with E-state index in [9.17, 15) is 24.3 Å². The van der Waals surface area contributed by atoms with Crippen molar-refractivity contribution in [3.05, 3.63) is 94.6 Å². The lowest BCUT2D eigenvalue weighted by molar-refractivity contribution is -0.141. The van der Waals surface area contributed by atoms with Gasteiger partial charge in [-0.25, -0.2) is 4.79 Å². The van der Waals surface area contributed by atoms with Crippen molar-refractivity contribution in [2.45, 2.75) is 443 Å². The average Bonchev–Trinajstić information content (AvgIpc) is 1.60. The number of rotatable bonds is 16. The van der Waals surface area contributed by atoms with E-state index in [1.54, 1.807) is 13.8 Å². The van der Waals surface area contributed by atoms with E-state index in [1.165, 1.54) is 340 Å². The lowest BCUT2D eigenvalue weighted by Gasteiger charge is -2.38. The Morgan fingerprint density at radius 1 is 0.430 bits per heavy atom. The molecule has 2 atom stereocenters. The van der Waals surface area contributed by atoms with Crippen molar-refractivity contribution in [1.29, 1.82) is 10.5 Å². The normalized spacial score (nSPS) is 26.2. The highest BCUT2D eigenvalue weighted by atomic mass is 16.5. The van der Waals surface area contributed by atoms with Gasteiger partial charge in [-0.1, -0.05) is 157 Å². The molecule has 16 aliphatic carbocycles. The third-order valence-corrected chi connectivity index (χ3v) is 35.5. The molecule has 0 radical (unpaired) electrons. The molecule has 0 amide bonds. The number of nitrogens with zero attached hydrogens (tertiary/aromatic N) is 2. The molecule has 16 aliphatic rings. The summed E-state index contributed by atoms with van der Waals surface area (Å²) < 4.78 is 21.9. The van der Waals surface area contributed by atoms with Crippen LogP contribution >= 0.6 is 0 Å². The fourth-order valence-corrected chi connectivity index (χ4v) is 26.4. The first-order valence-corrected chi connectivity index (χ1v) is 52.1. The predicted molar refractivity (Wildman–Crippen MR) is 513 cm³/mol. The van der Waals surface area contributed by atoms with Crippen LogP contribution in [0.3, 0.4) is 0 Å². The summed E-state index contributed by atoms with van der Waals surface area (Å²) >= 11 is 0. The second-order valence-corrected chi connectivity index (χ2v) is 43.8. The van der Waals surface area contributed by atoms with Crippen molar-refractivity contribution in [3.63, 3.8) is 0 Å². The second-order valence-electron chi connectivity index (χ2n) is 43.8. The SMILES string of the molecule is CC#C[C@@H](CC(=O)O)c1ccc(OCC2CCC3(CCCC3)CC2)cc1.CC#C[C@@H](CC(=O)OC)c1ccc(OCC2CCC3(CCCC3)CC2)cc1.CCOC(=O)C1=CCC2(CCCC2)CC1.N#CC1(O)CCC2(CCCC2)CC1.N#CC1=CCC2(CCCC2)CC1.O=C1CCC2(CCCC2)CC1.OCC1=CCC2(CCCC2)CC1.OCC1CCC2(CCCC2)CC1. The molecular formula is C114H168N2O12. The van der Waals surface area contributed by atoms with E-state index < -0.39 is 11.6 Å². The van der Waals surface area contributed by atoms with Crippen LogP contribution in [-0.2, 0) is 28.7 Å². The van der Waals surface area contributed by atoms with Gasteiger partial charge >= 0.3 is 17.9 Å². The highest BCUT2D eigenvalue weighted by molar-refractivity contribution is 5.88. The number of nitriles is 2. The molecule has 13 saturated carbocycles. The van der Waals surface area contributed by atoms with Gasteiger partial charge in [0.1, 0.15) is 17.3 Å². The summed E-state index contributed by atoms with van der Waals surface area (Å²) in [5, 5.41) is 54.3. The molecule has 18 rings (SSSR count). The third kappa shape index (κ3) is 30.7. The molecule has 0 aliphatic heterocycles. The molecule has 14 heteroatoms. The number of carboxylic acids is 1. The van der Waals surface area contributed by atoms with Gasteiger partial charge in [0.25, 0.3) is 0 Å². The molecule has 0 aromatic heterocycles. The number of esters is 2. The van der Waals surface area contributed by atoms with Gasteiger partial charge in [-0.05, 0) is 399 Å². The Balaban J connectivity index is 0.000000145. The Labute approximate surface area is 774 Å². The van der Waals surface area contributed by atoms with Crippen LogP contribution in [-0.4, -0.2) is 89.9 Å². The number of aliphatic hydroxyl groups is 3. The number of allylic oxidation sites excluding steroid dienone is 4. The standard InChI is InChI=1S/C24H32O3.C23H30O3.C13H20O2.C11H17NO.C11H15N.C11H20O.C11H18O.C10H16O/c1-3-6-21(17-23(25)26-2)20-7-9-22(10-8-20)27-18-19-11-15-24(16-12-19)13-4-5-14-24;1-2-5-20(16-22(24)25)19-6-8-21(9-7-19)26-17-18-10-14-23(15-11-18)12-3-4-13-23;1-2-15-12(14)11-5-9-13(10-6-11)7-3-4-8-13;12-9-11(13)7-5-10(6-8-11)3-1-2-4-10;3*12-9-10-3-7-11(8-4-10)5-1-2-6-11;11-9-3-7-10(8-4-9)5-1-2-6-10/h7-10,19,21H,4-5,11-18H2,1-2H3;6-9,18,20H,3-4,10-17H2,1H3,(H,24,25);5H,2-4,6-10H2,1H3;13H,1-8H2;3H,1-2,4-8H2;10,12H,1-9H2;3,12H,1-2,4-9H2;1-8H2/t21-;20-;;;;;;/m00....../s1. The van der Waals surface area contributed by atoms with Crippen molar-refractivity contribution < 1.29 is 58.6 Å². The van der Waals surface area contributed by atoms with E-state index in [1.807, 2.05) is 61.5 Å². The van der Waals surface area contributed by atoms with Gasteiger partial charge < -0.3 is 39.4 Å². The number of carbonyl (C=O) groups excluding carboxylic acids is 3. The number of benzene rings is 2. The highest BCUT2D eigenvalue weighted by Gasteiger charge is 2.46. The first kappa shape index (κ1) is 102. The van der Waals surface area contributed by atoms with Crippen molar-refractivity contribution in [2.75, 3.05) is 40.1 Å². The van der Waals surface area contributed by atoms with Gasteiger partial charge in [-0.2, -0.15) is 10.5 Å². The molecule has 2 aromatic carbocycles. The van der Waals surface area contributed by atoms with Crippen LogP contribution in [0.5, 0.6) is 11.5 Å². The van der Waals surface area contributed by atoms with Crippen LogP contribution in [0, 0.1) is 107 Å². The monoisotopic (exact) mass is 1760 g/mol. The number of hydrogen-bond donors (Lipinski definition) is 4. The number of ether oxygens (including phenoxy) is 4. The molecule has 8 spiro atoms. The number of carboxylic acid groups (broad SMARTS) is 1. The zero-order chi connectivity index (χ0) is 90.7. The van der Waals surface area contributed by atoms with Gasteiger partial charge in [0.05, 0.1) is 70.4 Å². The number of Topliss-reactive ketones (excluding diaryl/α,β-unsaturated/α-hetero) is 1. The number of hydrogen-bond acceptors (Lipinski definition) is 13. The van der Waals surface area contributed by atoms with E-state index in [2.05, 4.69) is 48.0 Å². The van der Waals surface area contributed by atoms with E-state index in [-0.39, 0.29) is 43.2 Å². The smallest absolute Gasteiger partial charge is 0.333 e. The van der Waals surface area contributed by atoms with Gasteiger partial charge in [-0.3, -0.25) is 14.4 Å². The van der Waals surface area contributed by atoms with Crippen LogP contribution in [0.1, 0.15) is 448 Å². The fraction of sp³-hybridized carbons (Fsp3) is 0.754. The molecule has 0 unspecified atom stereocenters. The van der Waals surface area contributed by atoms with Gasteiger partial charge in [-0.15, -0.1) is 11.8 Å². The second kappa shape index (κ2) is 50.4. The Hall–Kier alpha value is -6.68. The largest absolute Gasteiger partial charge is 0.493 e. The van der Waals surface area contributed by atoms with E-state index in [0.29, 0.717) is 87.5 Å². The number of aliphatic carboxylic acids is 1. The van der Waals surface area contributed by atoms with Gasteiger partial charge in [0, 0.05) is 30.6 Å². The van der Waals surface area contributed by atoms with Crippen LogP contribution < -0.4 is 9.47 Å². The van der Waals surface area contributed by atoms with Gasteiger partial charge in [0.2, 0.25) is 0 Å². The summed E-state index contributed by atoms with van der Waals surface area (Å²) in [7, 11) is 1.41. The first-order valence-electron chi connectivity index (χ1n) is 52.1. The minimum absolute atomic E-state index is 0.0326. The molecule has 128 heavy (non-hydrogen) atoms. The number of ketones is 1. The van der Waals surface area contributed by atoms with Crippen molar-refractivity contribution in [2.24, 2.45) is 61.1 Å². The van der Waals surface area contributed by atoms with Crippen molar-refractivity contribution >= 4 is 23.7 Å². The summed E-state index contributed by atoms with van der Waals surface area (Å²) in [6.45, 7) is 8.21. The van der Waals surface area contributed by atoms with Crippen molar-refractivity contribution in [3.8, 4) is 47.3 Å². The lowest BCUT2D eigenvalue weighted by atomic mass is 9.68. The molecule has 4 N–H and O–H groups in total. The number of aliphatic hydroxyl groups excluding tert-OH is 2. The average molecular weight is 1760 g/mol. The predicted octanol–water partition coefficient (Wildman–Crippen LogP) is 27.7. The summed E-state index contributed by atoms with van der Waals surface area (Å²) in [5.74, 6) is 14.6. The number of carbonyl (C=O) groups is 4. The summed E-state index contributed by atoms with van der Waals surface area (Å²) in [6.07, 6.45) is 86.4. The van der Waals surface area contributed by atoms with Crippen LogP contribution in [0.15, 0.2) is 83.5 Å². The zero-order valence-corrected chi connectivity index (χ0v) is 80.3. The maximum atomic E-state index is 11.6. The molecule has 0 saturated heterocycles. The Morgan fingerprint density at radius 3 is 1.10 bits per heavy atom. The number of methoxy groups -OCH3 is 1. The van der Waals surface area contributed by atoms with Crippen molar-refractivity contribution in [1.82, 2.24) is 0 Å². The highest BCUT2D eigenvalue weighted by Crippen LogP contribution is 2.57. The fourth-order valence-electron chi connectivity index (χ4n) is 26.4. The summed E-state index contributed by atoms with van der Waals surface area (Å²) in [4.78, 5) is 45.1. The molecule has 0 heterocycles. The molecule has 14 nitrogen and oxygen atoms in total. The Bertz CT molecular complexity index is 4020. The van der Waals surface area contributed by atoms with E-state index in [4.69, 9.17) is 44.8 Å². The van der Waals surface area contributed by atoms with Crippen LogP contribution in [0.2, 0.25) is 0 Å². The lowest BCUT2D eigenvalue weighted by Crippen LogP contribution is -2.36. The maximum absolute atomic E-state index is 11.6. The Kier molecular flexibility index (Phi) is 40.1. The van der Waals surface area contributed by atoms with Crippen LogP contribution in [0.4, 0.5) is 0 Å². The van der Waals surface area contributed by atoms with Crippen LogP contribution in [0.25, 0.3) is 0 Å². The quantitative estimate of drug-likeness (QED) is 0.0530. The molecular weight excluding hydrogens is 1590 g/mol. The Morgan fingerprint density at radius 2 is 0.781 bits per heavy atom. The summed E-state index contributed by atoms with van der Waals surface area (Å²) in [6, 6.07) is 20.1. The summed E-state index contributed by atoms with van der Waals surface area (Å²) in [5.41, 5.74) is 9.28.